The first-order valence-corrected chi connectivity index (χ1v) is 7.74. The van der Waals surface area contributed by atoms with E-state index in [0.29, 0.717) is 4.91 Å². The van der Waals surface area contributed by atoms with Gasteiger partial charge < -0.3 is 10.1 Å². The van der Waals surface area contributed by atoms with E-state index in [-0.39, 0.29) is 10.2 Å². The van der Waals surface area contributed by atoms with Gasteiger partial charge in [0, 0.05) is 22.2 Å². The van der Waals surface area contributed by atoms with Crippen LogP contribution in [0.4, 0.5) is 0 Å². The van der Waals surface area contributed by atoms with E-state index in [9.17, 15) is 9.59 Å². The molecular weight excluding hydrogens is 320 g/mol. The van der Waals surface area contributed by atoms with Crippen LogP contribution in [0.5, 0.6) is 0 Å². The molecule has 0 bridgehead atoms. The summed E-state index contributed by atoms with van der Waals surface area (Å²) in [4.78, 5) is 27.9. The third-order valence-electron chi connectivity index (χ3n) is 3.39. The SMILES string of the molecule is Cc1[nH]c2ccccc2c1C=C1SC(=S)N(CC(=O)O)C1=O. The number of H-pyrrole nitrogens is 1. The van der Waals surface area contributed by atoms with E-state index < -0.39 is 12.5 Å². The van der Waals surface area contributed by atoms with E-state index in [4.69, 9.17) is 17.3 Å². The highest BCUT2D eigenvalue weighted by atomic mass is 32.2. The number of aryl methyl sites for hydroxylation is 1. The molecule has 0 spiro atoms. The molecule has 1 amide bonds. The van der Waals surface area contributed by atoms with Crippen LogP contribution in [-0.4, -0.2) is 37.7 Å². The van der Waals surface area contributed by atoms with Crippen molar-refractivity contribution in [2.24, 2.45) is 0 Å². The number of thioether (sulfide) groups is 1. The molecule has 1 aromatic heterocycles. The molecule has 3 rings (SSSR count). The molecule has 1 aromatic carbocycles. The standard InChI is InChI=1S/C15H12N2O3S2/c1-8-10(9-4-2-3-5-11(9)16-8)6-12-14(20)17(7-13(18)19)15(21)22-12/h2-6,16H,7H2,1H3,(H,18,19). The van der Waals surface area contributed by atoms with Crippen molar-refractivity contribution in [3.63, 3.8) is 0 Å². The number of carboxylic acids is 1. The Morgan fingerprint density at radius 1 is 1.45 bits per heavy atom. The molecule has 2 heterocycles. The van der Waals surface area contributed by atoms with Crippen molar-refractivity contribution in [3.8, 4) is 0 Å². The summed E-state index contributed by atoms with van der Waals surface area (Å²) in [7, 11) is 0. The maximum atomic E-state index is 12.3. The van der Waals surface area contributed by atoms with E-state index in [1.165, 1.54) is 0 Å². The molecule has 1 saturated heterocycles. The topological polar surface area (TPSA) is 73.4 Å². The summed E-state index contributed by atoms with van der Waals surface area (Å²) in [5.41, 5.74) is 2.86. The van der Waals surface area contributed by atoms with Crippen LogP contribution in [0.1, 0.15) is 11.3 Å². The molecule has 5 nitrogen and oxygen atoms in total. The number of rotatable bonds is 3. The lowest BCUT2D eigenvalue weighted by atomic mass is 10.1. The monoisotopic (exact) mass is 332 g/mol. The molecule has 0 unspecified atom stereocenters. The average Bonchev–Trinajstić information content (AvgIpc) is 2.91. The highest BCUT2D eigenvalue weighted by Crippen LogP contribution is 2.34. The Labute approximate surface area is 136 Å². The summed E-state index contributed by atoms with van der Waals surface area (Å²) in [5, 5.41) is 9.87. The minimum atomic E-state index is -1.08. The Balaban J connectivity index is 2.01. The Bertz CT molecular complexity index is 838. The lowest BCUT2D eigenvalue weighted by Crippen LogP contribution is -2.33. The number of nitrogens with zero attached hydrogens (tertiary/aromatic N) is 1. The van der Waals surface area contributed by atoms with Crippen LogP contribution in [0, 0.1) is 6.92 Å². The molecule has 7 heteroatoms. The fraction of sp³-hybridized carbons (Fsp3) is 0.133. The minimum absolute atomic E-state index is 0.274. The fourth-order valence-corrected chi connectivity index (χ4v) is 3.62. The van der Waals surface area contributed by atoms with Gasteiger partial charge in [-0.05, 0) is 19.1 Å². The zero-order valence-electron chi connectivity index (χ0n) is 11.6. The summed E-state index contributed by atoms with van der Waals surface area (Å²) in [6.45, 7) is 1.53. The van der Waals surface area contributed by atoms with E-state index in [1.807, 2.05) is 31.2 Å². The molecule has 1 aliphatic rings. The first kappa shape index (κ1) is 14.8. The highest BCUT2D eigenvalue weighted by Gasteiger charge is 2.33. The van der Waals surface area contributed by atoms with Crippen LogP contribution in [0.25, 0.3) is 17.0 Å². The van der Waals surface area contributed by atoms with Gasteiger partial charge in [0.25, 0.3) is 5.91 Å². The number of hydrogen-bond donors (Lipinski definition) is 2. The average molecular weight is 332 g/mol. The fourth-order valence-electron chi connectivity index (χ4n) is 2.39. The second-order valence-corrected chi connectivity index (χ2v) is 6.55. The predicted molar refractivity (Wildman–Crippen MR) is 90.6 cm³/mol. The molecule has 22 heavy (non-hydrogen) atoms. The maximum Gasteiger partial charge on any atom is 0.323 e. The Morgan fingerprint density at radius 2 is 2.18 bits per heavy atom. The summed E-state index contributed by atoms with van der Waals surface area (Å²) in [5.74, 6) is -1.44. The van der Waals surface area contributed by atoms with Crippen molar-refractivity contribution in [2.75, 3.05) is 6.54 Å². The number of aromatic amines is 1. The highest BCUT2D eigenvalue weighted by molar-refractivity contribution is 8.26. The number of carbonyl (C=O) groups is 2. The normalized spacial score (nSPS) is 17.0. The van der Waals surface area contributed by atoms with Gasteiger partial charge in [0.05, 0.1) is 4.91 Å². The van der Waals surface area contributed by atoms with Gasteiger partial charge in [0.15, 0.2) is 0 Å². The van der Waals surface area contributed by atoms with Crippen molar-refractivity contribution in [2.45, 2.75) is 6.92 Å². The molecule has 0 atom stereocenters. The predicted octanol–water partition coefficient (Wildman–Crippen LogP) is 2.76. The number of fused-ring (bicyclic) bond motifs is 1. The van der Waals surface area contributed by atoms with Crippen LogP contribution < -0.4 is 0 Å². The van der Waals surface area contributed by atoms with Crippen LogP contribution in [0.2, 0.25) is 0 Å². The van der Waals surface area contributed by atoms with Crippen molar-refractivity contribution >= 4 is 57.2 Å². The second kappa shape index (κ2) is 5.58. The Hall–Kier alpha value is -2.12. The molecule has 0 aliphatic carbocycles. The first-order chi connectivity index (χ1) is 10.5. The third-order valence-corrected chi connectivity index (χ3v) is 4.76. The molecular formula is C15H12N2O3S2. The molecule has 1 fully saturated rings. The van der Waals surface area contributed by atoms with Gasteiger partial charge in [-0.3, -0.25) is 14.5 Å². The van der Waals surface area contributed by atoms with E-state index in [2.05, 4.69) is 4.98 Å². The van der Waals surface area contributed by atoms with Gasteiger partial charge in [-0.2, -0.15) is 0 Å². The van der Waals surface area contributed by atoms with Crippen molar-refractivity contribution in [3.05, 3.63) is 40.4 Å². The van der Waals surface area contributed by atoms with E-state index in [1.54, 1.807) is 6.08 Å². The zero-order chi connectivity index (χ0) is 15.9. The number of benzene rings is 1. The van der Waals surface area contributed by atoms with E-state index in [0.717, 1.165) is 38.8 Å². The minimum Gasteiger partial charge on any atom is -0.480 e. The summed E-state index contributed by atoms with van der Waals surface area (Å²) in [6.07, 6.45) is 1.77. The lowest BCUT2D eigenvalue weighted by Gasteiger charge is -2.10. The molecule has 2 N–H and O–H groups in total. The number of thiocarbonyl (C=S) groups is 1. The number of aliphatic carboxylic acids is 1. The van der Waals surface area contributed by atoms with Crippen LogP contribution in [-0.2, 0) is 9.59 Å². The first-order valence-electron chi connectivity index (χ1n) is 6.52. The second-order valence-electron chi connectivity index (χ2n) is 4.87. The van der Waals surface area contributed by atoms with Gasteiger partial charge in [0.2, 0.25) is 0 Å². The van der Waals surface area contributed by atoms with Gasteiger partial charge in [-0.15, -0.1) is 0 Å². The summed E-state index contributed by atoms with van der Waals surface area (Å²) < 4.78 is 0.274. The molecule has 0 saturated carbocycles. The number of carboxylic acid groups (broad SMARTS) is 1. The van der Waals surface area contributed by atoms with Crippen LogP contribution in [0.15, 0.2) is 29.2 Å². The summed E-state index contributed by atoms with van der Waals surface area (Å²) >= 11 is 6.22. The summed E-state index contributed by atoms with van der Waals surface area (Å²) in [6, 6.07) is 7.81. The number of amides is 1. The van der Waals surface area contributed by atoms with Gasteiger partial charge >= 0.3 is 5.97 Å². The smallest absolute Gasteiger partial charge is 0.323 e. The zero-order valence-corrected chi connectivity index (χ0v) is 13.3. The number of carbonyl (C=O) groups excluding carboxylic acids is 1. The molecule has 0 radical (unpaired) electrons. The van der Waals surface area contributed by atoms with Crippen LogP contribution in [0.3, 0.4) is 0 Å². The van der Waals surface area contributed by atoms with Crippen LogP contribution >= 0.6 is 24.0 Å². The quantitative estimate of drug-likeness (QED) is 0.668. The number of para-hydroxylation sites is 1. The molecule has 2 aromatic rings. The largest absolute Gasteiger partial charge is 0.480 e. The number of hydrogen-bond acceptors (Lipinski definition) is 4. The number of aromatic nitrogens is 1. The van der Waals surface area contributed by atoms with Crippen molar-refractivity contribution in [1.82, 2.24) is 9.88 Å². The molecule has 112 valence electrons. The van der Waals surface area contributed by atoms with Crippen molar-refractivity contribution < 1.29 is 14.7 Å². The number of nitrogens with one attached hydrogen (secondary N) is 1. The van der Waals surface area contributed by atoms with Gasteiger partial charge in [0.1, 0.15) is 10.9 Å². The van der Waals surface area contributed by atoms with E-state index >= 15 is 0 Å². The third kappa shape index (κ3) is 2.53. The lowest BCUT2D eigenvalue weighted by molar-refractivity contribution is -0.140. The Morgan fingerprint density at radius 3 is 2.91 bits per heavy atom. The Kier molecular flexibility index (Phi) is 3.76. The van der Waals surface area contributed by atoms with Crippen molar-refractivity contribution in [1.29, 1.82) is 0 Å². The molecule has 1 aliphatic heterocycles. The van der Waals surface area contributed by atoms with Gasteiger partial charge in [-0.25, -0.2) is 0 Å². The maximum absolute atomic E-state index is 12.3. The van der Waals surface area contributed by atoms with Gasteiger partial charge in [-0.1, -0.05) is 42.2 Å².